The fourth-order valence-electron chi connectivity index (χ4n) is 3.05. The Balaban J connectivity index is 1.61. The van der Waals surface area contributed by atoms with Gasteiger partial charge in [-0.15, -0.1) is 0 Å². The summed E-state index contributed by atoms with van der Waals surface area (Å²) in [5.74, 6) is 1.13. The van der Waals surface area contributed by atoms with Gasteiger partial charge in [-0.25, -0.2) is 9.97 Å². The predicted octanol–water partition coefficient (Wildman–Crippen LogP) is 2.54. The fourth-order valence-corrected chi connectivity index (χ4v) is 3.19. The molecule has 0 radical (unpaired) electrons. The standard InChI is InChI=1S/C17H19ClN4O/c18-15-10-17(21-11-20-15)22-7-5-14(6-8-22)13-3-1-12(2-4-13)9-16(19)23/h1-4,10-11,14H,5-9H2,(H2,19,23). The second-order valence-corrected chi connectivity index (χ2v) is 6.23. The molecule has 120 valence electrons. The first-order valence-electron chi connectivity index (χ1n) is 7.71. The van der Waals surface area contributed by atoms with Crippen molar-refractivity contribution >= 4 is 23.3 Å². The lowest BCUT2D eigenvalue weighted by Crippen LogP contribution is -2.33. The predicted molar refractivity (Wildman–Crippen MR) is 90.6 cm³/mol. The van der Waals surface area contributed by atoms with Crippen LogP contribution in [0.5, 0.6) is 0 Å². The van der Waals surface area contributed by atoms with Gasteiger partial charge in [-0.1, -0.05) is 35.9 Å². The number of rotatable bonds is 4. The molecule has 6 heteroatoms. The molecule has 1 amide bonds. The molecule has 1 aliphatic rings. The maximum absolute atomic E-state index is 10.9. The molecule has 2 heterocycles. The van der Waals surface area contributed by atoms with Crippen LogP contribution in [0.2, 0.25) is 5.15 Å². The summed E-state index contributed by atoms with van der Waals surface area (Å²) in [6.07, 6.45) is 3.93. The first-order valence-corrected chi connectivity index (χ1v) is 8.09. The minimum Gasteiger partial charge on any atom is -0.369 e. The van der Waals surface area contributed by atoms with Crippen LogP contribution < -0.4 is 10.6 Å². The van der Waals surface area contributed by atoms with Crippen LogP contribution in [0.15, 0.2) is 36.7 Å². The zero-order valence-corrected chi connectivity index (χ0v) is 13.5. The third kappa shape index (κ3) is 3.99. The molecule has 2 N–H and O–H groups in total. The third-order valence-corrected chi connectivity index (χ3v) is 4.47. The van der Waals surface area contributed by atoms with Gasteiger partial charge >= 0.3 is 0 Å². The van der Waals surface area contributed by atoms with Crippen LogP contribution in [0.1, 0.15) is 29.9 Å². The Morgan fingerprint density at radius 3 is 2.52 bits per heavy atom. The summed E-state index contributed by atoms with van der Waals surface area (Å²) in [4.78, 5) is 21.4. The highest BCUT2D eigenvalue weighted by molar-refractivity contribution is 6.29. The highest BCUT2D eigenvalue weighted by Gasteiger charge is 2.21. The van der Waals surface area contributed by atoms with Gasteiger partial charge in [-0.2, -0.15) is 0 Å². The van der Waals surface area contributed by atoms with Gasteiger partial charge in [0.2, 0.25) is 5.91 Å². The lowest BCUT2D eigenvalue weighted by molar-refractivity contribution is -0.117. The van der Waals surface area contributed by atoms with Crippen molar-refractivity contribution in [3.8, 4) is 0 Å². The summed E-state index contributed by atoms with van der Waals surface area (Å²) >= 11 is 5.93. The average Bonchev–Trinajstić information content (AvgIpc) is 2.55. The van der Waals surface area contributed by atoms with Crippen LogP contribution >= 0.6 is 11.6 Å². The second-order valence-electron chi connectivity index (χ2n) is 5.84. The van der Waals surface area contributed by atoms with Crippen molar-refractivity contribution in [2.24, 2.45) is 5.73 Å². The Labute approximate surface area is 140 Å². The van der Waals surface area contributed by atoms with E-state index in [1.54, 1.807) is 6.07 Å². The molecule has 1 aromatic carbocycles. The lowest BCUT2D eigenvalue weighted by Gasteiger charge is -2.33. The van der Waals surface area contributed by atoms with Crippen LogP contribution in [0.4, 0.5) is 5.82 Å². The van der Waals surface area contributed by atoms with E-state index in [1.807, 2.05) is 12.1 Å². The molecule has 0 spiro atoms. The van der Waals surface area contributed by atoms with E-state index in [0.717, 1.165) is 37.3 Å². The number of anilines is 1. The van der Waals surface area contributed by atoms with Gasteiger partial charge in [0, 0.05) is 19.2 Å². The summed E-state index contributed by atoms with van der Waals surface area (Å²) in [6, 6.07) is 10.0. The molecule has 1 aliphatic heterocycles. The number of amides is 1. The topological polar surface area (TPSA) is 72.1 Å². The van der Waals surface area contributed by atoms with Crippen LogP contribution in [0, 0.1) is 0 Å². The van der Waals surface area contributed by atoms with Gasteiger partial charge in [0.05, 0.1) is 6.42 Å². The van der Waals surface area contributed by atoms with Crippen molar-refractivity contribution in [3.63, 3.8) is 0 Å². The monoisotopic (exact) mass is 330 g/mol. The van der Waals surface area contributed by atoms with E-state index in [2.05, 4.69) is 27.0 Å². The summed E-state index contributed by atoms with van der Waals surface area (Å²) in [6.45, 7) is 1.89. The molecule has 0 bridgehead atoms. The third-order valence-electron chi connectivity index (χ3n) is 4.27. The van der Waals surface area contributed by atoms with E-state index in [9.17, 15) is 4.79 Å². The van der Waals surface area contributed by atoms with E-state index in [1.165, 1.54) is 11.9 Å². The SMILES string of the molecule is NC(=O)Cc1ccc(C2CCN(c3cc(Cl)ncn3)CC2)cc1. The summed E-state index contributed by atoms with van der Waals surface area (Å²) in [7, 11) is 0. The normalized spacial score (nSPS) is 15.6. The summed E-state index contributed by atoms with van der Waals surface area (Å²) in [5.41, 5.74) is 7.51. The molecule has 1 fully saturated rings. The molecule has 0 unspecified atom stereocenters. The van der Waals surface area contributed by atoms with E-state index in [-0.39, 0.29) is 5.91 Å². The average molecular weight is 331 g/mol. The number of piperidine rings is 1. The van der Waals surface area contributed by atoms with Crippen molar-refractivity contribution in [3.05, 3.63) is 52.9 Å². The maximum atomic E-state index is 10.9. The quantitative estimate of drug-likeness (QED) is 0.874. The number of carbonyl (C=O) groups excluding carboxylic acids is 1. The van der Waals surface area contributed by atoms with Gasteiger partial charge in [0.1, 0.15) is 17.3 Å². The van der Waals surface area contributed by atoms with Crippen molar-refractivity contribution in [2.75, 3.05) is 18.0 Å². The van der Waals surface area contributed by atoms with Gasteiger partial charge in [-0.05, 0) is 29.9 Å². The number of halogens is 1. The smallest absolute Gasteiger partial charge is 0.221 e. The Kier molecular flexibility index (Phi) is 4.76. The molecule has 0 atom stereocenters. The van der Waals surface area contributed by atoms with Gasteiger partial charge in [-0.3, -0.25) is 4.79 Å². The van der Waals surface area contributed by atoms with Crippen molar-refractivity contribution < 1.29 is 4.79 Å². The second kappa shape index (κ2) is 6.96. The van der Waals surface area contributed by atoms with Gasteiger partial charge in [0.15, 0.2) is 0 Å². The zero-order chi connectivity index (χ0) is 16.2. The number of nitrogens with two attached hydrogens (primary N) is 1. The van der Waals surface area contributed by atoms with Crippen molar-refractivity contribution in [2.45, 2.75) is 25.2 Å². The number of carbonyl (C=O) groups is 1. The Morgan fingerprint density at radius 1 is 1.22 bits per heavy atom. The zero-order valence-electron chi connectivity index (χ0n) is 12.8. The molecule has 3 rings (SSSR count). The molecule has 0 aliphatic carbocycles. The number of hydrogen-bond acceptors (Lipinski definition) is 4. The Morgan fingerprint density at radius 2 is 1.91 bits per heavy atom. The summed E-state index contributed by atoms with van der Waals surface area (Å²) < 4.78 is 0. The van der Waals surface area contributed by atoms with E-state index in [0.29, 0.717) is 17.5 Å². The minimum absolute atomic E-state index is 0.297. The number of aromatic nitrogens is 2. The highest BCUT2D eigenvalue weighted by atomic mass is 35.5. The number of primary amides is 1. The first-order chi connectivity index (χ1) is 11.1. The molecule has 2 aromatic rings. The van der Waals surface area contributed by atoms with Crippen LogP contribution in [0.25, 0.3) is 0 Å². The molecular formula is C17H19ClN4O. The van der Waals surface area contributed by atoms with E-state index in [4.69, 9.17) is 17.3 Å². The Bertz CT molecular complexity index is 681. The first kappa shape index (κ1) is 15.7. The highest BCUT2D eigenvalue weighted by Crippen LogP contribution is 2.30. The molecule has 0 saturated carbocycles. The molecule has 23 heavy (non-hydrogen) atoms. The van der Waals surface area contributed by atoms with Crippen molar-refractivity contribution in [1.82, 2.24) is 9.97 Å². The lowest BCUT2D eigenvalue weighted by atomic mass is 9.89. The van der Waals surface area contributed by atoms with Gasteiger partial charge in [0.25, 0.3) is 0 Å². The van der Waals surface area contributed by atoms with E-state index >= 15 is 0 Å². The van der Waals surface area contributed by atoms with Crippen LogP contribution in [-0.4, -0.2) is 29.0 Å². The molecule has 1 aromatic heterocycles. The largest absolute Gasteiger partial charge is 0.369 e. The number of nitrogens with zero attached hydrogens (tertiary/aromatic N) is 3. The van der Waals surface area contributed by atoms with Crippen molar-refractivity contribution in [1.29, 1.82) is 0 Å². The molecular weight excluding hydrogens is 312 g/mol. The molecule has 5 nitrogen and oxygen atoms in total. The van der Waals surface area contributed by atoms with E-state index < -0.39 is 0 Å². The number of hydrogen-bond donors (Lipinski definition) is 1. The van der Waals surface area contributed by atoms with Gasteiger partial charge < -0.3 is 10.6 Å². The number of benzene rings is 1. The maximum Gasteiger partial charge on any atom is 0.221 e. The van der Waals surface area contributed by atoms with Crippen LogP contribution in [0.3, 0.4) is 0 Å². The Hall–Kier alpha value is -2.14. The van der Waals surface area contributed by atoms with Crippen LogP contribution in [-0.2, 0) is 11.2 Å². The molecule has 1 saturated heterocycles. The minimum atomic E-state index is -0.297. The fraction of sp³-hybridized carbons (Fsp3) is 0.353. The summed E-state index contributed by atoms with van der Waals surface area (Å²) in [5, 5.41) is 0.474.